The first-order valence-corrected chi connectivity index (χ1v) is 8.24. The lowest BCUT2D eigenvalue weighted by Gasteiger charge is -2.43. The monoisotopic (exact) mass is 250 g/mol. The first-order valence-electron chi connectivity index (χ1n) is 8.24. The van der Waals surface area contributed by atoms with Crippen molar-refractivity contribution in [1.29, 1.82) is 0 Å². The zero-order valence-corrected chi connectivity index (χ0v) is 12.0. The first-order chi connectivity index (χ1) is 8.85. The molecule has 1 heterocycles. The van der Waals surface area contributed by atoms with Crippen LogP contribution in [0.25, 0.3) is 0 Å². The largest absolute Gasteiger partial charge is 0.315 e. The number of fused-ring (bicyclic) bond motifs is 2. The third-order valence-corrected chi connectivity index (χ3v) is 5.72. The Kier molecular flexibility index (Phi) is 4.25. The molecule has 18 heavy (non-hydrogen) atoms. The summed E-state index contributed by atoms with van der Waals surface area (Å²) in [5.41, 5.74) is 0. The van der Waals surface area contributed by atoms with Crippen molar-refractivity contribution < 1.29 is 0 Å². The second-order valence-electron chi connectivity index (χ2n) is 7.06. The molecule has 0 aromatic heterocycles. The van der Waals surface area contributed by atoms with Crippen molar-refractivity contribution in [3.63, 3.8) is 0 Å². The molecule has 2 saturated carbocycles. The Bertz CT molecular complexity index is 248. The van der Waals surface area contributed by atoms with Gasteiger partial charge in [0.25, 0.3) is 0 Å². The maximum atomic E-state index is 3.62. The fourth-order valence-electron chi connectivity index (χ4n) is 4.80. The summed E-state index contributed by atoms with van der Waals surface area (Å²) < 4.78 is 0. The van der Waals surface area contributed by atoms with Crippen LogP contribution in [-0.2, 0) is 0 Å². The Labute approximate surface area is 113 Å². The van der Waals surface area contributed by atoms with Gasteiger partial charge >= 0.3 is 0 Å². The van der Waals surface area contributed by atoms with E-state index in [2.05, 4.69) is 17.3 Å². The normalized spacial score (nSPS) is 35.8. The second kappa shape index (κ2) is 5.92. The number of rotatable bonds is 4. The van der Waals surface area contributed by atoms with Gasteiger partial charge in [0.05, 0.1) is 0 Å². The Balaban J connectivity index is 1.54. The molecule has 3 rings (SSSR count). The van der Waals surface area contributed by atoms with E-state index in [-0.39, 0.29) is 0 Å². The van der Waals surface area contributed by atoms with Crippen LogP contribution in [0.2, 0.25) is 0 Å². The van der Waals surface area contributed by atoms with Gasteiger partial charge in [0, 0.05) is 25.7 Å². The summed E-state index contributed by atoms with van der Waals surface area (Å²) in [6.07, 6.45) is 11.9. The van der Waals surface area contributed by atoms with Crippen molar-refractivity contribution >= 4 is 0 Å². The minimum atomic E-state index is 0.756. The van der Waals surface area contributed by atoms with Crippen LogP contribution in [0.1, 0.15) is 51.4 Å². The van der Waals surface area contributed by atoms with Crippen LogP contribution in [0.4, 0.5) is 0 Å². The van der Waals surface area contributed by atoms with Crippen LogP contribution < -0.4 is 5.32 Å². The topological polar surface area (TPSA) is 15.3 Å². The van der Waals surface area contributed by atoms with E-state index in [1.807, 2.05) is 0 Å². The molecule has 2 bridgehead atoms. The van der Waals surface area contributed by atoms with E-state index in [1.54, 1.807) is 0 Å². The maximum Gasteiger partial charge on any atom is 0.0220 e. The Morgan fingerprint density at radius 1 is 1.00 bits per heavy atom. The maximum absolute atomic E-state index is 3.62. The van der Waals surface area contributed by atoms with E-state index in [1.165, 1.54) is 71.0 Å². The molecule has 0 aromatic rings. The summed E-state index contributed by atoms with van der Waals surface area (Å²) in [5, 5.41) is 3.62. The highest BCUT2D eigenvalue weighted by atomic mass is 15.2. The van der Waals surface area contributed by atoms with Crippen molar-refractivity contribution in [2.24, 2.45) is 17.8 Å². The summed E-state index contributed by atoms with van der Waals surface area (Å²) >= 11 is 0. The molecule has 3 unspecified atom stereocenters. The molecule has 1 saturated heterocycles. The molecule has 2 aliphatic carbocycles. The number of nitrogens with zero attached hydrogens (tertiary/aromatic N) is 1. The predicted octanol–water partition coefficient (Wildman–Crippen LogP) is 2.89. The standard InChI is InChI=1S/C16H30N2/c1-17-16(15-7-2-3-8-15)12-18-10-13-5-4-6-14(9-13)11-18/h13-17H,2-12H2,1H3. The minimum Gasteiger partial charge on any atom is -0.315 e. The van der Waals surface area contributed by atoms with Crippen LogP contribution >= 0.6 is 0 Å². The highest BCUT2D eigenvalue weighted by molar-refractivity contribution is 4.88. The van der Waals surface area contributed by atoms with Gasteiger partial charge in [0.15, 0.2) is 0 Å². The number of likely N-dealkylation sites (tertiary alicyclic amines) is 1. The first kappa shape index (κ1) is 12.9. The fourth-order valence-corrected chi connectivity index (χ4v) is 4.80. The molecule has 3 aliphatic rings. The molecular formula is C16H30N2. The average Bonchev–Trinajstić information content (AvgIpc) is 2.89. The van der Waals surface area contributed by atoms with Gasteiger partial charge in [-0.2, -0.15) is 0 Å². The quantitative estimate of drug-likeness (QED) is 0.825. The van der Waals surface area contributed by atoms with Crippen molar-refractivity contribution in [2.75, 3.05) is 26.7 Å². The van der Waals surface area contributed by atoms with Gasteiger partial charge in [-0.25, -0.2) is 0 Å². The van der Waals surface area contributed by atoms with Gasteiger partial charge in [0.1, 0.15) is 0 Å². The van der Waals surface area contributed by atoms with E-state index in [4.69, 9.17) is 0 Å². The summed E-state index contributed by atoms with van der Waals surface area (Å²) in [5.74, 6) is 3.01. The van der Waals surface area contributed by atoms with Crippen LogP contribution in [-0.4, -0.2) is 37.6 Å². The van der Waals surface area contributed by atoms with E-state index in [0.717, 1.165) is 23.8 Å². The smallest absolute Gasteiger partial charge is 0.0220 e. The van der Waals surface area contributed by atoms with Crippen LogP contribution in [0, 0.1) is 17.8 Å². The van der Waals surface area contributed by atoms with Gasteiger partial charge in [-0.05, 0) is 56.9 Å². The van der Waals surface area contributed by atoms with Crippen LogP contribution in [0.15, 0.2) is 0 Å². The third kappa shape index (κ3) is 2.91. The van der Waals surface area contributed by atoms with Crippen molar-refractivity contribution in [3.05, 3.63) is 0 Å². The number of nitrogens with one attached hydrogen (secondary N) is 1. The zero-order chi connectivity index (χ0) is 12.4. The third-order valence-electron chi connectivity index (χ3n) is 5.72. The van der Waals surface area contributed by atoms with Crippen molar-refractivity contribution in [1.82, 2.24) is 10.2 Å². The fraction of sp³-hybridized carbons (Fsp3) is 1.00. The minimum absolute atomic E-state index is 0.756. The van der Waals surface area contributed by atoms with Crippen molar-refractivity contribution in [2.45, 2.75) is 57.4 Å². The molecule has 0 amide bonds. The van der Waals surface area contributed by atoms with Gasteiger partial charge in [-0.15, -0.1) is 0 Å². The number of likely N-dealkylation sites (N-methyl/N-ethyl adjacent to an activating group) is 1. The molecule has 0 aromatic carbocycles. The van der Waals surface area contributed by atoms with Crippen LogP contribution in [0.3, 0.4) is 0 Å². The second-order valence-corrected chi connectivity index (χ2v) is 7.06. The zero-order valence-electron chi connectivity index (χ0n) is 12.0. The molecule has 3 fully saturated rings. The molecule has 104 valence electrons. The van der Waals surface area contributed by atoms with E-state index in [0.29, 0.717) is 0 Å². The van der Waals surface area contributed by atoms with E-state index >= 15 is 0 Å². The lowest BCUT2D eigenvalue weighted by Crippen LogP contribution is -2.49. The molecule has 1 aliphatic heterocycles. The molecule has 1 N–H and O–H groups in total. The highest BCUT2D eigenvalue weighted by Gasteiger charge is 2.33. The number of hydrogen-bond donors (Lipinski definition) is 1. The number of hydrogen-bond acceptors (Lipinski definition) is 2. The van der Waals surface area contributed by atoms with Gasteiger partial charge in [-0.1, -0.05) is 19.3 Å². The van der Waals surface area contributed by atoms with Crippen LogP contribution in [0.5, 0.6) is 0 Å². The molecule has 0 radical (unpaired) electrons. The Morgan fingerprint density at radius 2 is 1.67 bits per heavy atom. The summed E-state index contributed by atoms with van der Waals surface area (Å²) in [4.78, 5) is 2.79. The van der Waals surface area contributed by atoms with E-state index < -0.39 is 0 Å². The summed E-state index contributed by atoms with van der Waals surface area (Å²) in [6.45, 7) is 4.09. The Hall–Kier alpha value is -0.0800. The Morgan fingerprint density at radius 3 is 2.28 bits per heavy atom. The lowest BCUT2D eigenvalue weighted by atomic mass is 9.77. The van der Waals surface area contributed by atoms with E-state index in [9.17, 15) is 0 Å². The van der Waals surface area contributed by atoms with Gasteiger partial charge in [0.2, 0.25) is 0 Å². The van der Waals surface area contributed by atoms with Gasteiger partial charge < -0.3 is 10.2 Å². The number of piperidine rings is 1. The molecule has 0 spiro atoms. The average molecular weight is 250 g/mol. The SMILES string of the molecule is CNC(CN1CC2CCCC(C2)C1)C1CCCC1. The summed E-state index contributed by atoms with van der Waals surface area (Å²) in [7, 11) is 2.17. The van der Waals surface area contributed by atoms with Gasteiger partial charge in [-0.3, -0.25) is 0 Å². The predicted molar refractivity (Wildman–Crippen MR) is 76.7 cm³/mol. The van der Waals surface area contributed by atoms with Crippen molar-refractivity contribution in [3.8, 4) is 0 Å². The lowest BCUT2D eigenvalue weighted by molar-refractivity contribution is 0.0728. The molecule has 2 heteroatoms. The molecule has 3 atom stereocenters. The highest BCUT2D eigenvalue weighted by Crippen LogP contribution is 2.35. The molecule has 2 nitrogen and oxygen atoms in total. The summed E-state index contributed by atoms with van der Waals surface area (Å²) in [6, 6.07) is 0.756. The molecular weight excluding hydrogens is 220 g/mol.